The highest BCUT2D eigenvalue weighted by atomic mass is 16.2. The molecule has 102 heavy (non-hydrogen) atoms. The number of imidazole rings is 1. The summed E-state index contributed by atoms with van der Waals surface area (Å²) in [6.45, 7) is 9.22. The molecule has 0 radical (unpaired) electrons. The molecule has 2 rings (SSSR count). The van der Waals surface area contributed by atoms with Crippen LogP contribution in [0.15, 0.2) is 36.3 Å². The maximum atomic E-state index is 14.8. The lowest BCUT2D eigenvalue weighted by molar-refractivity contribution is -0.136. The van der Waals surface area contributed by atoms with Crippen molar-refractivity contribution >= 4 is 100.0 Å². The summed E-state index contributed by atoms with van der Waals surface area (Å²) in [6, 6.07) is -9.53. The number of benzene rings is 1. The van der Waals surface area contributed by atoms with E-state index in [1.54, 1.807) is 6.33 Å². The minimum atomic E-state index is -1.49. The Bertz CT molecular complexity index is 3220. The lowest BCUT2D eigenvalue weighted by Crippen LogP contribution is -2.60. The van der Waals surface area contributed by atoms with Crippen LogP contribution in [-0.4, -0.2) is 193 Å². The van der Waals surface area contributed by atoms with Crippen molar-refractivity contribution in [2.75, 3.05) is 52.4 Å². The number of nitrogens with one attached hydrogen (secondary N) is 8. The Labute approximate surface area is 595 Å². The number of hydrogen-bond acceptors (Lipinski definition) is 17. The summed E-state index contributed by atoms with van der Waals surface area (Å²) >= 11 is 0. The number of aromatic nitrogens is 2. The van der Waals surface area contributed by atoms with Gasteiger partial charge >= 0.3 is 0 Å². The van der Waals surface area contributed by atoms with E-state index in [1.807, 2.05) is 4.57 Å². The van der Waals surface area contributed by atoms with Gasteiger partial charge in [0.25, 0.3) is 0 Å². The van der Waals surface area contributed by atoms with Crippen molar-refractivity contribution < 1.29 is 43.2 Å². The molecule has 572 valence electrons. The highest BCUT2D eigenvalue weighted by Gasteiger charge is 2.34. The number of primary amides is 1. The molecule has 0 aliphatic carbocycles. The third-order valence-corrected chi connectivity index (χ3v) is 16.3. The van der Waals surface area contributed by atoms with Crippen LogP contribution in [0.5, 0.6) is 0 Å². The maximum absolute atomic E-state index is 14.8. The zero-order chi connectivity index (χ0) is 76.3. The van der Waals surface area contributed by atoms with Gasteiger partial charge in [0.05, 0.1) is 17.4 Å². The van der Waals surface area contributed by atoms with E-state index in [2.05, 4.69) is 105 Å². The van der Waals surface area contributed by atoms with Gasteiger partial charge in [0, 0.05) is 52.2 Å². The molecule has 0 spiro atoms. The lowest BCUT2D eigenvalue weighted by Gasteiger charge is -2.28. The first-order valence-corrected chi connectivity index (χ1v) is 34.6. The molecule has 0 saturated heterocycles. The second kappa shape index (κ2) is 48.3. The summed E-state index contributed by atoms with van der Waals surface area (Å²) in [5, 5.41) is 21.8. The monoisotopic (exact) mass is 1440 g/mol. The quantitative estimate of drug-likeness (QED) is 0.0166. The molecular weight excluding hydrogens is 1320 g/mol. The van der Waals surface area contributed by atoms with E-state index >= 15 is 0 Å². The fourth-order valence-electron chi connectivity index (χ4n) is 11.2. The number of aryl methyl sites for hydroxylation is 2. The van der Waals surface area contributed by atoms with E-state index in [-0.39, 0.29) is 177 Å². The van der Waals surface area contributed by atoms with E-state index < -0.39 is 89.6 Å². The molecule has 7 unspecified atom stereocenters. The summed E-state index contributed by atoms with van der Waals surface area (Å²) in [7, 11) is 0. The summed E-state index contributed by atoms with van der Waals surface area (Å²) in [5.74, 6) is -8.10. The number of aliphatic imine (C=N–C) groups is 6. The summed E-state index contributed by atoms with van der Waals surface area (Å²) in [5.41, 5.74) is 84.9. The van der Waals surface area contributed by atoms with Gasteiger partial charge in [-0.15, -0.1) is 0 Å². The van der Waals surface area contributed by atoms with Crippen molar-refractivity contribution in [3.63, 3.8) is 0 Å². The van der Waals surface area contributed by atoms with Crippen LogP contribution in [0.1, 0.15) is 158 Å². The van der Waals surface area contributed by atoms with Gasteiger partial charge in [-0.3, -0.25) is 73.1 Å². The molecule has 9 amide bonds. The molecule has 36 N–H and O–H groups in total. The van der Waals surface area contributed by atoms with E-state index in [1.165, 1.54) is 11.1 Å². The number of hydrogen-bond donors (Lipinski definition) is 22. The Morgan fingerprint density at radius 3 is 1.02 bits per heavy atom. The van der Waals surface area contributed by atoms with Crippen LogP contribution < -0.4 is 123 Å². The first-order valence-electron chi connectivity index (χ1n) is 34.6. The largest absolute Gasteiger partial charge is 0.370 e. The second-order valence-corrected chi connectivity index (χ2v) is 24.5. The Hall–Kier alpha value is -10.5. The van der Waals surface area contributed by atoms with Crippen molar-refractivity contribution in [2.24, 2.45) is 110 Å². The van der Waals surface area contributed by atoms with Gasteiger partial charge in [-0.2, -0.15) is 0 Å². The van der Waals surface area contributed by atoms with Crippen LogP contribution in [0, 0.1) is 13.8 Å². The van der Waals surface area contributed by atoms with E-state index in [0.29, 0.717) is 45.2 Å². The van der Waals surface area contributed by atoms with Gasteiger partial charge < -0.3 is 127 Å². The number of nitrogens with two attached hydrogens (primary N) is 14. The van der Waals surface area contributed by atoms with Gasteiger partial charge in [0.1, 0.15) is 48.8 Å². The molecule has 7 atom stereocenters. The van der Waals surface area contributed by atoms with Gasteiger partial charge in [0.2, 0.25) is 53.2 Å². The highest BCUT2D eigenvalue weighted by molar-refractivity contribution is 5.98. The van der Waals surface area contributed by atoms with Crippen LogP contribution >= 0.6 is 0 Å². The topological polar surface area (TPSA) is 706 Å². The normalized spacial score (nSPS) is 13.0. The summed E-state index contributed by atoms with van der Waals surface area (Å²) in [4.78, 5) is 155. The van der Waals surface area contributed by atoms with Gasteiger partial charge in [0.15, 0.2) is 35.8 Å². The van der Waals surface area contributed by atoms with Crippen molar-refractivity contribution in [3.8, 4) is 0 Å². The van der Waals surface area contributed by atoms with E-state index in [4.69, 9.17) is 80.3 Å². The molecule has 1 heterocycles. The smallest absolute Gasteiger partial charge is 0.243 e. The molecule has 39 nitrogen and oxygen atoms in total. The van der Waals surface area contributed by atoms with Gasteiger partial charge in [-0.25, -0.2) is 4.98 Å². The fraction of sp³-hybridized carbons (Fsp3) is 0.651. The zero-order valence-corrected chi connectivity index (χ0v) is 59.7. The number of carbonyl (C=O) groups is 9. The highest BCUT2D eigenvalue weighted by Crippen LogP contribution is 2.30. The number of nitrogens with zero attached hydrogens (tertiary/aromatic N) is 8. The molecule has 1 aromatic heterocycles. The molecule has 0 bridgehead atoms. The van der Waals surface area contributed by atoms with Crippen molar-refractivity contribution in [2.45, 2.75) is 211 Å². The minimum Gasteiger partial charge on any atom is -0.370 e. The number of carbonyl (C=O) groups excluding carboxylic acids is 9. The first kappa shape index (κ1) is 87.6. The second-order valence-electron chi connectivity index (χ2n) is 24.5. The Morgan fingerprint density at radius 2 is 0.706 bits per heavy atom. The first-order chi connectivity index (χ1) is 48.4. The predicted molar refractivity (Wildman–Crippen MR) is 395 cm³/mol. The van der Waals surface area contributed by atoms with Gasteiger partial charge in [-0.1, -0.05) is 20.3 Å². The van der Waals surface area contributed by atoms with Gasteiger partial charge in [-0.05, 0) is 165 Å². The number of amides is 9. The molecule has 0 saturated carbocycles. The van der Waals surface area contributed by atoms with Crippen molar-refractivity contribution in [1.29, 1.82) is 0 Å². The molecule has 39 heteroatoms. The zero-order valence-electron chi connectivity index (χ0n) is 59.7. The summed E-state index contributed by atoms with van der Waals surface area (Å²) < 4.78 is 1.87. The lowest BCUT2D eigenvalue weighted by atomic mass is 9.92. The summed E-state index contributed by atoms with van der Waals surface area (Å²) in [6.07, 6.45) is 6.18. The van der Waals surface area contributed by atoms with Crippen LogP contribution in [0.2, 0.25) is 0 Å². The van der Waals surface area contributed by atoms with Crippen LogP contribution in [0.3, 0.4) is 0 Å². The van der Waals surface area contributed by atoms with Crippen LogP contribution in [0.25, 0.3) is 11.0 Å². The molecule has 0 aliphatic rings. The Balaban J connectivity index is 2.51. The molecular formula is C63H116N30O9. The predicted octanol–water partition coefficient (Wildman–Crippen LogP) is -6.22. The SMILES string of the molecule is CCc1c(CC)c(C)c2c(ncn2CC(=O)NCCCCCC(=O)NC(CCCN=C(N)N)C(=O)NC(CCCN=C(N)N)C(=O)NC(CCCN=C(N)N)C(=O)NC(CCCN=C(N)N)C(=O)NC(CCCN=C(N)N)C(=O)NC(CCCN=C(N)N)C(=O)NC(CCCCN)C(N)=O)c1C. The average molecular weight is 1440 g/mol. The number of unbranched alkanes of at least 4 members (excludes halogenated alkanes) is 3. The fourth-order valence-corrected chi connectivity index (χ4v) is 11.2. The minimum absolute atomic E-state index is 0.00297. The van der Waals surface area contributed by atoms with Crippen molar-refractivity contribution in [1.82, 2.24) is 52.1 Å². The van der Waals surface area contributed by atoms with Crippen LogP contribution in [-0.2, 0) is 62.5 Å². The molecule has 0 aliphatic heterocycles. The Morgan fingerprint density at radius 1 is 0.392 bits per heavy atom. The molecule has 1 aromatic carbocycles. The standard InChI is InChI=1S/C63H116N30O9/c1-5-38-36(3)49-50(37(4)39(38)6-2)93(35-85-49)34-48(95)78-27-11-7-8-25-47(94)86-41(19-12-28-79-58(66)67)52(97)88-43(21-14-30-81-60(70)71)54(99)90-45(23-16-32-83-62(74)75)56(101)92-46(24-17-33-84-63(76)77)57(102)91-44(22-15-31-82-61(72)73)55(100)89-42(20-13-29-80-59(68)69)53(98)87-40(51(65)96)18-9-10-26-64/h35,40-46H,5-34,64H2,1-4H3,(H2,65,96)(H,78,95)(H,86,94)(H,87,98)(H,88,97)(H,89,100)(H,90,99)(H,91,102)(H,92,101)(H4,66,67,79)(H4,68,69,80)(H4,70,71,81)(H4,72,73,82)(H4,74,75,83)(H4,76,77,84). The number of fused-ring (bicyclic) bond motifs is 1. The number of guanidine groups is 6. The maximum Gasteiger partial charge on any atom is 0.243 e. The third kappa shape index (κ3) is 34.5. The number of rotatable bonds is 52. The average Bonchev–Trinajstić information content (AvgIpc) is 1.58. The third-order valence-electron chi connectivity index (χ3n) is 16.3. The van der Waals surface area contributed by atoms with Crippen LogP contribution in [0.4, 0.5) is 0 Å². The van der Waals surface area contributed by atoms with Crippen molar-refractivity contribution in [3.05, 3.63) is 28.6 Å². The molecule has 0 fully saturated rings. The Kier molecular flexibility index (Phi) is 41.5. The molecule has 2 aromatic rings. The van der Waals surface area contributed by atoms with E-state index in [0.717, 1.165) is 35.0 Å². The van der Waals surface area contributed by atoms with E-state index in [9.17, 15) is 43.2 Å².